The number of hydrogen-bond donors (Lipinski definition) is 0. The van der Waals surface area contributed by atoms with E-state index in [1.807, 2.05) is 36.4 Å². The lowest BCUT2D eigenvalue weighted by Crippen LogP contribution is -2.25. The van der Waals surface area contributed by atoms with E-state index in [0.717, 1.165) is 0 Å². The smallest absolute Gasteiger partial charge is 0.0912 e. The van der Waals surface area contributed by atoms with Crippen LogP contribution in [-0.4, -0.2) is 18.0 Å². The molecule has 2 nitrogen and oxygen atoms in total. The van der Waals surface area contributed by atoms with Crippen LogP contribution < -0.4 is 0 Å². The van der Waals surface area contributed by atoms with Gasteiger partial charge in [0, 0.05) is 0 Å². The summed E-state index contributed by atoms with van der Waals surface area (Å²) in [5.74, 6) is 0. The predicted octanol–water partition coefficient (Wildman–Crippen LogP) is 4.42. The number of rotatable bonds is 7. The van der Waals surface area contributed by atoms with Gasteiger partial charge >= 0.3 is 0 Å². The summed E-state index contributed by atoms with van der Waals surface area (Å²) in [5, 5.41) is 2.46. The zero-order valence-corrected chi connectivity index (χ0v) is 13.2. The molecule has 3 rings (SSSR count). The van der Waals surface area contributed by atoms with Gasteiger partial charge in [-0.15, -0.1) is 11.8 Å². The lowest BCUT2D eigenvalue weighted by Gasteiger charge is -2.19. The molecule has 0 N–H and O–H groups in total. The summed E-state index contributed by atoms with van der Waals surface area (Å²) in [7, 11) is 0. The van der Waals surface area contributed by atoms with Crippen LogP contribution in [0.15, 0.2) is 72.1 Å². The predicted molar refractivity (Wildman–Crippen MR) is 91.6 cm³/mol. The second-order valence-electron chi connectivity index (χ2n) is 5.27. The van der Waals surface area contributed by atoms with Gasteiger partial charge in [-0.05, 0) is 22.6 Å². The highest BCUT2D eigenvalue weighted by molar-refractivity contribution is 8.03. The van der Waals surface area contributed by atoms with E-state index in [9.17, 15) is 0 Å². The third-order valence-corrected chi connectivity index (χ3v) is 4.64. The second kappa shape index (κ2) is 8.18. The van der Waals surface area contributed by atoms with E-state index < -0.39 is 0 Å². The maximum atomic E-state index is 6.02. The SMILES string of the molecule is C1=C[C@H](OCc2ccccc2)[C@H](COCc2ccccc2)S1. The molecule has 0 saturated heterocycles. The van der Waals surface area contributed by atoms with Crippen molar-refractivity contribution in [1.82, 2.24) is 0 Å². The van der Waals surface area contributed by atoms with E-state index in [2.05, 4.69) is 35.7 Å². The van der Waals surface area contributed by atoms with E-state index in [0.29, 0.717) is 25.1 Å². The van der Waals surface area contributed by atoms with Crippen molar-refractivity contribution in [3.63, 3.8) is 0 Å². The van der Waals surface area contributed by atoms with Crippen LogP contribution in [-0.2, 0) is 22.7 Å². The van der Waals surface area contributed by atoms with Gasteiger partial charge in [0.15, 0.2) is 0 Å². The van der Waals surface area contributed by atoms with Crippen molar-refractivity contribution in [2.75, 3.05) is 6.61 Å². The van der Waals surface area contributed by atoms with Crippen molar-refractivity contribution in [1.29, 1.82) is 0 Å². The van der Waals surface area contributed by atoms with Crippen LogP contribution in [0.5, 0.6) is 0 Å². The number of ether oxygens (including phenoxy) is 2. The number of benzene rings is 2. The first-order chi connectivity index (χ1) is 10.9. The van der Waals surface area contributed by atoms with Crippen LogP contribution in [0.2, 0.25) is 0 Å². The Balaban J connectivity index is 1.43. The van der Waals surface area contributed by atoms with Crippen molar-refractivity contribution < 1.29 is 9.47 Å². The minimum atomic E-state index is 0.126. The molecular formula is C19H20O2S. The zero-order chi connectivity index (χ0) is 15.0. The molecule has 0 aliphatic carbocycles. The average Bonchev–Trinajstić information content (AvgIpc) is 3.02. The molecule has 2 aromatic rings. The molecule has 2 aromatic carbocycles. The lowest BCUT2D eigenvalue weighted by molar-refractivity contribution is 0.0406. The molecule has 2 atom stereocenters. The minimum absolute atomic E-state index is 0.126. The van der Waals surface area contributed by atoms with Crippen molar-refractivity contribution in [3.8, 4) is 0 Å². The van der Waals surface area contributed by atoms with Gasteiger partial charge in [0.25, 0.3) is 0 Å². The van der Waals surface area contributed by atoms with Crippen LogP contribution >= 0.6 is 11.8 Å². The minimum Gasteiger partial charge on any atom is -0.375 e. The van der Waals surface area contributed by atoms with E-state index in [1.165, 1.54) is 11.1 Å². The van der Waals surface area contributed by atoms with Gasteiger partial charge in [-0.2, -0.15) is 0 Å². The molecule has 0 aromatic heterocycles. The Hall–Kier alpha value is -1.55. The van der Waals surface area contributed by atoms with Gasteiger partial charge in [-0.1, -0.05) is 60.7 Å². The Kier molecular flexibility index (Phi) is 5.71. The molecule has 0 amide bonds. The number of hydrogen-bond acceptors (Lipinski definition) is 3. The van der Waals surface area contributed by atoms with Gasteiger partial charge in [0.05, 0.1) is 31.2 Å². The highest BCUT2D eigenvalue weighted by Crippen LogP contribution is 2.28. The summed E-state index contributed by atoms with van der Waals surface area (Å²) in [6.45, 7) is 2.00. The fraction of sp³-hybridized carbons (Fsp3) is 0.263. The first kappa shape index (κ1) is 15.3. The van der Waals surface area contributed by atoms with Crippen molar-refractivity contribution in [2.45, 2.75) is 24.6 Å². The molecule has 3 heteroatoms. The van der Waals surface area contributed by atoms with E-state index in [-0.39, 0.29) is 6.10 Å². The zero-order valence-electron chi connectivity index (χ0n) is 12.4. The molecule has 0 unspecified atom stereocenters. The molecule has 0 radical (unpaired) electrons. The summed E-state index contributed by atoms with van der Waals surface area (Å²) in [4.78, 5) is 0. The van der Waals surface area contributed by atoms with Gasteiger partial charge in [-0.25, -0.2) is 0 Å². The standard InChI is InChI=1S/C19H20O2S/c1-3-7-16(8-4-1)13-20-15-19-18(11-12-22-19)21-14-17-9-5-2-6-10-17/h1-12,18-19H,13-15H2/t18-,19-/m0/s1. The topological polar surface area (TPSA) is 18.5 Å². The Morgan fingerprint density at radius 1 is 0.818 bits per heavy atom. The first-order valence-electron chi connectivity index (χ1n) is 7.51. The summed E-state index contributed by atoms with van der Waals surface area (Å²) >= 11 is 1.79. The van der Waals surface area contributed by atoms with E-state index >= 15 is 0 Å². The monoisotopic (exact) mass is 312 g/mol. The van der Waals surface area contributed by atoms with Crippen LogP contribution in [0, 0.1) is 0 Å². The highest BCUT2D eigenvalue weighted by atomic mass is 32.2. The fourth-order valence-electron chi connectivity index (χ4n) is 2.36. The normalized spacial score (nSPS) is 20.4. The van der Waals surface area contributed by atoms with Crippen LogP contribution in [0.1, 0.15) is 11.1 Å². The van der Waals surface area contributed by atoms with Gasteiger partial charge in [0.1, 0.15) is 0 Å². The summed E-state index contributed by atoms with van der Waals surface area (Å²) in [6.07, 6.45) is 2.26. The molecular weight excluding hydrogens is 292 g/mol. The maximum Gasteiger partial charge on any atom is 0.0912 e. The Morgan fingerprint density at radius 2 is 1.45 bits per heavy atom. The Labute approximate surface area is 136 Å². The molecule has 22 heavy (non-hydrogen) atoms. The number of thioether (sulfide) groups is 1. The third kappa shape index (κ3) is 4.47. The molecule has 114 valence electrons. The maximum absolute atomic E-state index is 6.02. The quantitative estimate of drug-likeness (QED) is 0.754. The Morgan fingerprint density at radius 3 is 2.14 bits per heavy atom. The van der Waals surface area contributed by atoms with Crippen molar-refractivity contribution >= 4 is 11.8 Å². The van der Waals surface area contributed by atoms with Crippen molar-refractivity contribution in [2.24, 2.45) is 0 Å². The molecule has 0 fully saturated rings. The first-order valence-corrected chi connectivity index (χ1v) is 8.45. The average molecular weight is 312 g/mol. The van der Waals surface area contributed by atoms with E-state index in [4.69, 9.17) is 9.47 Å². The fourth-order valence-corrected chi connectivity index (χ4v) is 3.30. The summed E-state index contributed by atoms with van der Waals surface area (Å²) in [6, 6.07) is 20.6. The third-order valence-electron chi connectivity index (χ3n) is 3.57. The van der Waals surface area contributed by atoms with Crippen LogP contribution in [0.3, 0.4) is 0 Å². The second-order valence-corrected chi connectivity index (χ2v) is 6.41. The van der Waals surface area contributed by atoms with Crippen LogP contribution in [0.4, 0.5) is 0 Å². The van der Waals surface area contributed by atoms with Gasteiger partial charge in [0.2, 0.25) is 0 Å². The molecule has 0 spiro atoms. The van der Waals surface area contributed by atoms with Crippen LogP contribution in [0.25, 0.3) is 0 Å². The summed E-state index contributed by atoms with van der Waals surface area (Å²) < 4.78 is 11.9. The molecule has 0 bridgehead atoms. The Bertz CT molecular complexity index is 583. The summed E-state index contributed by atoms with van der Waals surface area (Å²) in [5.41, 5.74) is 2.41. The molecule has 1 heterocycles. The van der Waals surface area contributed by atoms with Gasteiger partial charge < -0.3 is 9.47 Å². The van der Waals surface area contributed by atoms with Gasteiger partial charge in [-0.3, -0.25) is 0 Å². The molecule has 0 saturated carbocycles. The van der Waals surface area contributed by atoms with E-state index in [1.54, 1.807) is 11.8 Å². The lowest BCUT2D eigenvalue weighted by atomic mass is 10.2. The largest absolute Gasteiger partial charge is 0.375 e. The highest BCUT2D eigenvalue weighted by Gasteiger charge is 2.24. The van der Waals surface area contributed by atoms with Crippen molar-refractivity contribution in [3.05, 3.63) is 83.3 Å². The molecule has 1 aliphatic heterocycles. The molecule has 1 aliphatic rings.